The van der Waals surface area contributed by atoms with Gasteiger partial charge in [0.25, 0.3) is 0 Å². The zero-order chi connectivity index (χ0) is 13.0. The largest absolute Gasteiger partial charge is 0.308 e. The van der Waals surface area contributed by atoms with Crippen LogP contribution in [-0.2, 0) is 6.54 Å². The molecule has 0 spiro atoms. The van der Waals surface area contributed by atoms with Crippen LogP contribution in [0.3, 0.4) is 0 Å². The van der Waals surface area contributed by atoms with Gasteiger partial charge in [-0.2, -0.15) is 0 Å². The number of aryl methyl sites for hydroxylation is 1. The van der Waals surface area contributed by atoms with Gasteiger partial charge in [0.1, 0.15) is 5.01 Å². The van der Waals surface area contributed by atoms with E-state index in [2.05, 4.69) is 36.0 Å². The van der Waals surface area contributed by atoms with Gasteiger partial charge in [0.15, 0.2) is 0 Å². The number of likely N-dealkylation sites (tertiary alicyclic amines) is 1. The minimum Gasteiger partial charge on any atom is -0.308 e. The first kappa shape index (κ1) is 14.0. The molecule has 0 radical (unpaired) electrons. The lowest BCUT2D eigenvalue weighted by Gasteiger charge is -2.34. The van der Waals surface area contributed by atoms with Crippen molar-refractivity contribution in [3.05, 3.63) is 16.1 Å². The summed E-state index contributed by atoms with van der Waals surface area (Å²) >= 11 is 1.80. The van der Waals surface area contributed by atoms with Crippen molar-refractivity contribution in [1.29, 1.82) is 0 Å². The average Bonchev–Trinajstić information content (AvgIpc) is 2.82. The van der Waals surface area contributed by atoms with Crippen LogP contribution in [0.1, 0.15) is 36.6 Å². The second-order valence-electron chi connectivity index (χ2n) is 5.31. The number of nitrogens with one attached hydrogen (secondary N) is 1. The fourth-order valence-corrected chi connectivity index (χ4v) is 3.41. The molecule has 2 heterocycles. The molecule has 102 valence electrons. The molecular weight excluding hydrogens is 242 g/mol. The molecule has 0 aliphatic carbocycles. The van der Waals surface area contributed by atoms with Gasteiger partial charge in [-0.3, -0.25) is 0 Å². The molecule has 1 aromatic rings. The third-order valence-electron chi connectivity index (χ3n) is 4.03. The van der Waals surface area contributed by atoms with E-state index in [0.717, 1.165) is 12.5 Å². The number of aromatic nitrogens is 1. The summed E-state index contributed by atoms with van der Waals surface area (Å²) in [4.78, 5) is 8.26. The van der Waals surface area contributed by atoms with Crippen molar-refractivity contribution in [3.8, 4) is 0 Å². The molecule has 0 saturated carbocycles. The van der Waals surface area contributed by atoms with Crippen LogP contribution >= 0.6 is 11.3 Å². The van der Waals surface area contributed by atoms with Gasteiger partial charge in [0.05, 0.1) is 0 Å². The highest BCUT2D eigenvalue weighted by atomic mass is 32.1. The average molecular weight is 267 g/mol. The third kappa shape index (κ3) is 3.77. The van der Waals surface area contributed by atoms with Crippen LogP contribution in [0.4, 0.5) is 0 Å². The van der Waals surface area contributed by atoms with Crippen molar-refractivity contribution in [2.45, 2.75) is 46.2 Å². The van der Waals surface area contributed by atoms with E-state index < -0.39 is 0 Å². The topological polar surface area (TPSA) is 28.2 Å². The van der Waals surface area contributed by atoms with Crippen molar-refractivity contribution < 1.29 is 0 Å². The first-order valence-electron chi connectivity index (χ1n) is 7.06. The zero-order valence-electron chi connectivity index (χ0n) is 11.8. The molecule has 0 bridgehead atoms. The summed E-state index contributed by atoms with van der Waals surface area (Å²) in [5.74, 6) is 0.828. The van der Waals surface area contributed by atoms with Crippen molar-refractivity contribution >= 4 is 11.3 Å². The molecule has 3 nitrogen and oxygen atoms in total. The maximum atomic E-state index is 4.41. The first-order valence-corrected chi connectivity index (χ1v) is 7.87. The smallest absolute Gasteiger partial charge is 0.107 e. The summed E-state index contributed by atoms with van der Waals surface area (Å²) < 4.78 is 0. The van der Waals surface area contributed by atoms with Gasteiger partial charge in [-0.05, 0) is 52.2 Å². The molecule has 1 N–H and O–H groups in total. The molecular formula is C14H25N3S. The molecule has 2 rings (SSSR count). The van der Waals surface area contributed by atoms with Gasteiger partial charge in [0, 0.05) is 23.7 Å². The van der Waals surface area contributed by atoms with Gasteiger partial charge in [-0.25, -0.2) is 4.98 Å². The normalized spacial score (nSPS) is 20.2. The van der Waals surface area contributed by atoms with Crippen LogP contribution in [0, 0.1) is 12.8 Å². The fourth-order valence-electron chi connectivity index (χ4n) is 2.67. The molecule has 18 heavy (non-hydrogen) atoms. The molecule has 0 aromatic carbocycles. The van der Waals surface area contributed by atoms with E-state index in [1.807, 2.05) is 6.20 Å². The maximum Gasteiger partial charge on any atom is 0.107 e. The first-order chi connectivity index (χ1) is 8.69. The quantitative estimate of drug-likeness (QED) is 0.889. The Kier molecular flexibility index (Phi) is 5.15. The Labute approximate surface area is 115 Å². The lowest BCUT2D eigenvalue weighted by molar-refractivity contribution is 0.168. The Morgan fingerprint density at radius 3 is 2.78 bits per heavy atom. The summed E-state index contributed by atoms with van der Waals surface area (Å²) in [6.07, 6.45) is 4.63. The number of hydrogen-bond donors (Lipinski definition) is 1. The SMILES string of the molecule is CCN1CCC(C(C)NCc2ncc(C)s2)CC1. The Morgan fingerprint density at radius 2 is 2.22 bits per heavy atom. The monoisotopic (exact) mass is 267 g/mol. The molecule has 1 atom stereocenters. The molecule has 1 unspecified atom stereocenters. The highest BCUT2D eigenvalue weighted by Crippen LogP contribution is 2.21. The van der Waals surface area contributed by atoms with Crippen molar-refractivity contribution in [2.24, 2.45) is 5.92 Å². The number of piperidine rings is 1. The summed E-state index contributed by atoms with van der Waals surface area (Å²) in [6.45, 7) is 11.4. The molecule has 4 heteroatoms. The van der Waals surface area contributed by atoms with E-state index in [9.17, 15) is 0 Å². The fraction of sp³-hybridized carbons (Fsp3) is 0.786. The van der Waals surface area contributed by atoms with E-state index in [1.54, 1.807) is 11.3 Å². The lowest BCUT2D eigenvalue weighted by Crippen LogP contribution is -2.41. The Bertz CT molecular complexity index is 356. The third-order valence-corrected chi connectivity index (χ3v) is 4.94. The Morgan fingerprint density at radius 1 is 1.50 bits per heavy atom. The maximum absolute atomic E-state index is 4.41. The van der Waals surface area contributed by atoms with Crippen molar-refractivity contribution in [2.75, 3.05) is 19.6 Å². The second kappa shape index (κ2) is 6.64. The summed E-state index contributed by atoms with van der Waals surface area (Å²) in [7, 11) is 0. The van der Waals surface area contributed by atoms with E-state index in [4.69, 9.17) is 0 Å². The number of thiazole rings is 1. The van der Waals surface area contributed by atoms with Crippen LogP contribution in [0.5, 0.6) is 0 Å². The van der Waals surface area contributed by atoms with Gasteiger partial charge in [0.2, 0.25) is 0 Å². The van der Waals surface area contributed by atoms with Crippen LogP contribution in [0.2, 0.25) is 0 Å². The van der Waals surface area contributed by atoms with Crippen LogP contribution < -0.4 is 5.32 Å². The lowest BCUT2D eigenvalue weighted by atomic mass is 9.90. The van der Waals surface area contributed by atoms with Crippen LogP contribution in [0.15, 0.2) is 6.20 Å². The summed E-state index contributed by atoms with van der Waals surface area (Å²) in [6, 6.07) is 0.605. The summed E-state index contributed by atoms with van der Waals surface area (Å²) in [5, 5.41) is 4.86. The predicted molar refractivity (Wildman–Crippen MR) is 78.0 cm³/mol. The minimum absolute atomic E-state index is 0.605. The van der Waals surface area contributed by atoms with Gasteiger partial charge in [-0.1, -0.05) is 6.92 Å². The number of hydrogen-bond acceptors (Lipinski definition) is 4. The van der Waals surface area contributed by atoms with Crippen LogP contribution in [-0.4, -0.2) is 35.6 Å². The van der Waals surface area contributed by atoms with E-state index in [-0.39, 0.29) is 0 Å². The highest BCUT2D eigenvalue weighted by molar-refractivity contribution is 7.11. The second-order valence-corrected chi connectivity index (χ2v) is 6.63. The van der Waals surface area contributed by atoms with Crippen molar-refractivity contribution in [1.82, 2.24) is 15.2 Å². The minimum atomic E-state index is 0.605. The van der Waals surface area contributed by atoms with Gasteiger partial charge >= 0.3 is 0 Å². The molecule has 1 aromatic heterocycles. The van der Waals surface area contributed by atoms with E-state index in [0.29, 0.717) is 6.04 Å². The summed E-state index contributed by atoms with van der Waals surface area (Å²) in [5.41, 5.74) is 0. The molecule has 1 aliphatic heterocycles. The highest BCUT2D eigenvalue weighted by Gasteiger charge is 2.22. The molecule has 0 amide bonds. The molecule has 1 aliphatic rings. The Balaban J connectivity index is 1.73. The molecule has 1 saturated heterocycles. The van der Waals surface area contributed by atoms with Gasteiger partial charge in [-0.15, -0.1) is 11.3 Å². The van der Waals surface area contributed by atoms with Crippen LogP contribution in [0.25, 0.3) is 0 Å². The number of rotatable bonds is 5. The predicted octanol–water partition coefficient (Wildman–Crippen LogP) is 2.66. The van der Waals surface area contributed by atoms with Crippen molar-refractivity contribution in [3.63, 3.8) is 0 Å². The standard InChI is InChI=1S/C14H25N3S/c1-4-17-7-5-13(6-8-17)12(3)15-10-14-16-9-11(2)18-14/h9,12-13,15H,4-8,10H2,1-3H3. The van der Waals surface area contributed by atoms with Gasteiger partial charge < -0.3 is 10.2 Å². The van der Waals surface area contributed by atoms with E-state index >= 15 is 0 Å². The number of nitrogens with zero attached hydrogens (tertiary/aromatic N) is 2. The zero-order valence-corrected chi connectivity index (χ0v) is 12.6. The van der Waals surface area contributed by atoms with E-state index in [1.165, 1.54) is 42.4 Å². The Hall–Kier alpha value is -0.450. The molecule has 1 fully saturated rings.